The highest BCUT2D eigenvalue weighted by Crippen LogP contribution is 2.44. The fourth-order valence-corrected chi connectivity index (χ4v) is 3.82. The zero-order valence-corrected chi connectivity index (χ0v) is 15.0. The Hall–Kier alpha value is -1.77. The van der Waals surface area contributed by atoms with Gasteiger partial charge in [-0.05, 0) is 24.3 Å². The number of halogens is 4. The Morgan fingerprint density at radius 3 is 2.52 bits per heavy atom. The van der Waals surface area contributed by atoms with E-state index < -0.39 is 29.0 Å². The van der Waals surface area contributed by atoms with Crippen LogP contribution < -0.4 is 0 Å². The van der Waals surface area contributed by atoms with Crippen molar-refractivity contribution in [1.29, 1.82) is 0 Å². The maximum atomic E-state index is 13.6. The van der Waals surface area contributed by atoms with E-state index in [2.05, 4.69) is 20.9 Å². The van der Waals surface area contributed by atoms with Gasteiger partial charge in [-0.25, -0.2) is 4.98 Å². The molecule has 0 bridgehead atoms. The van der Waals surface area contributed by atoms with Crippen molar-refractivity contribution in [2.24, 2.45) is 0 Å². The second-order valence-corrected chi connectivity index (χ2v) is 7.40. The van der Waals surface area contributed by atoms with Gasteiger partial charge in [0.2, 0.25) is 5.60 Å². The summed E-state index contributed by atoms with van der Waals surface area (Å²) in [5.74, 6) is -0.819. The molecule has 3 aromatic rings. The summed E-state index contributed by atoms with van der Waals surface area (Å²) in [6.07, 6.45) is -6.17. The van der Waals surface area contributed by atoms with Gasteiger partial charge in [0.1, 0.15) is 5.01 Å². The lowest BCUT2D eigenvalue weighted by atomic mass is 9.93. The molecule has 0 radical (unpaired) electrons. The molecule has 1 heterocycles. The first-order chi connectivity index (χ1) is 11.7. The molecule has 0 aliphatic rings. The number of thiazole rings is 1. The highest BCUT2D eigenvalue weighted by atomic mass is 79.9. The van der Waals surface area contributed by atoms with Crippen molar-refractivity contribution in [3.05, 3.63) is 63.6 Å². The number of hydrogen-bond donors (Lipinski definition) is 1. The molecule has 0 aliphatic carbocycles. The van der Waals surface area contributed by atoms with Gasteiger partial charge in [-0.15, -0.1) is 11.3 Å². The molecule has 3 rings (SSSR count). The molecule has 1 atom stereocenters. The van der Waals surface area contributed by atoms with Crippen LogP contribution in [0, 0.1) is 0 Å². The number of hydrogen-bond acceptors (Lipinski definition) is 4. The van der Waals surface area contributed by atoms with Gasteiger partial charge in [0.15, 0.2) is 5.78 Å². The Kier molecular flexibility index (Phi) is 4.70. The van der Waals surface area contributed by atoms with Gasteiger partial charge in [-0.3, -0.25) is 4.79 Å². The number of Topliss-reactive ketones (excluding diaryl/α,β-unsaturated/α-hetero) is 1. The molecule has 0 amide bonds. The Bertz CT molecular complexity index is 908. The van der Waals surface area contributed by atoms with E-state index in [1.807, 2.05) is 0 Å². The third-order valence-electron chi connectivity index (χ3n) is 3.68. The quantitative estimate of drug-likeness (QED) is 0.588. The predicted molar refractivity (Wildman–Crippen MR) is 92.7 cm³/mol. The van der Waals surface area contributed by atoms with E-state index in [4.69, 9.17) is 0 Å². The monoisotopic (exact) mass is 429 g/mol. The van der Waals surface area contributed by atoms with Gasteiger partial charge in [-0.2, -0.15) is 13.2 Å². The summed E-state index contributed by atoms with van der Waals surface area (Å²) < 4.78 is 42.0. The lowest BCUT2D eigenvalue weighted by Gasteiger charge is -2.27. The lowest BCUT2D eigenvalue weighted by Crippen LogP contribution is -2.44. The topological polar surface area (TPSA) is 50.2 Å². The highest BCUT2D eigenvalue weighted by Gasteiger charge is 2.58. The summed E-state index contributed by atoms with van der Waals surface area (Å²) in [5, 5.41) is 9.87. The van der Waals surface area contributed by atoms with Crippen LogP contribution in [0.3, 0.4) is 0 Å². The third kappa shape index (κ3) is 3.47. The molecule has 0 fully saturated rings. The maximum absolute atomic E-state index is 13.6. The van der Waals surface area contributed by atoms with Gasteiger partial charge < -0.3 is 5.11 Å². The minimum Gasteiger partial charge on any atom is -0.374 e. The van der Waals surface area contributed by atoms with E-state index in [0.29, 0.717) is 14.7 Å². The molecule has 0 saturated carbocycles. The number of alkyl halides is 3. The van der Waals surface area contributed by atoms with Crippen molar-refractivity contribution in [3.63, 3.8) is 0 Å². The number of fused-ring (bicyclic) bond motifs is 1. The maximum Gasteiger partial charge on any atom is 0.424 e. The number of ketones is 1. The number of para-hydroxylation sites is 1. The van der Waals surface area contributed by atoms with E-state index in [1.54, 1.807) is 36.4 Å². The van der Waals surface area contributed by atoms with Crippen LogP contribution in [0.5, 0.6) is 0 Å². The number of aromatic nitrogens is 1. The third-order valence-corrected chi connectivity index (χ3v) is 5.36. The summed E-state index contributed by atoms with van der Waals surface area (Å²) in [5.41, 5.74) is -2.91. The molecule has 1 N–H and O–H groups in total. The number of carbonyl (C=O) groups excluding carboxylic acids is 1. The Morgan fingerprint density at radius 2 is 1.88 bits per heavy atom. The largest absolute Gasteiger partial charge is 0.424 e. The van der Waals surface area contributed by atoms with Gasteiger partial charge in [-0.1, -0.05) is 40.2 Å². The lowest BCUT2D eigenvalue weighted by molar-refractivity contribution is -0.264. The van der Waals surface area contributed by atoms with Gasteiger partial charge in [0, 0.05) is 10.0 Å². The zero-order valence-electron chi connectivity index (χ0n) is 12.5. The molecular formula is C17H11BrF3NO2S. The van der Waals surface area contributed by atoms with Crippen LogP contribution in [0.2, 0.25) is 0 Å². The molecule has 0 saturated heterocycles. The summed E-state index contributed by atoms with van der Waals surface area (Å²) in [6.45, 7) is 0. The zero-order chi connectivity index (χ0) is 18.2. The summed E-state index contributed by atoms with van der Waals surface area (Å²) in [6, 6.07) is 12.5. The van der Waals surface area contributed by atoms with Crippen molar-refractivity contribution in [2.45, 2.75) is 18.2 Å². The molecule has 0 spiro atoms. The van der Waals surface area contributed by atoms with Crippen LogP contribution in [0.25, 0.3) is 10.2 Å². The van der Waals surface area contributed by atoms with Crippen molar-refractivity contribution >= 4 is 43.3 Å². The fraction of sp³-hybridized carbons (Fsp3) is 0.176. The molecule has 8 heteroatoms. The van der Waals surface area contributed by atoms with Crippen molar-refractivity contribution in [2.75, 3.05) is 0 Å². The summed E-state index contributed by atoms with van der Waals surface area (Å²) in [4.78, 5) is 16.2. The van der Waals surface area contributed by atoms with E-state index in [1.165, 1.54) is 12.1 Å². The second-order valence-electron chi connectivity index (χ2n) is 5.46. The number of aliphatic hydroxyl groups is 1. The van der Waals surface area contributed by atoms with Crippen LogP contribution in [0.15, 0.2) is 53.0 Å². The first-order valence-corrected chi connectivity index (χ1v) is 8.75. The Labute approximate surface area is 153 Å². The minimum absolute atomic E-state index is 0.0816. The first-order valence-electron chi connectivity index (χ1n) is 7.14. The van der Waals surface area contributed by atoms with Gasteiger partial charge in [0.05, 0.1) is 16.6 Å². The fourth-order valence-electron chi connectivity index (χ4n) is 2.34. The highest BCUT2D eigenvalue weighted by molar-refractivity contribution is 9.10. The van der Waals surface area contributed by atoms with Crippen LogP contribution in [-0.2, 0) is 5.60 Å². The van der Waals surface area contributed by atoms with E-state index >= 15 is 0 Å². The van der Waals surface area contributed by atoms with E-state index in [-0.39, 0.29) is 5.56 Å². The smallest absolute Gasteiger partial charge is 0.374 e. The number of benzene rings is 2. The molecule has 25 heavy (non-hydrogen) atoms. The second kappa shape index (κ2) is 6.51. The average Bonchev–Trinajstić information content (AvgIpc) is 2.98. The SMILES string of the molecule is O=C(CC(O)(c1nc2ccccc2s1)C(F)(F)F)c1cccc(Br)c1. The standard InChI is InChI=1S/C17H11BrF3NO2S/c18-11-5-3-4-10(8-11)13(23)9-16(24,17(19,20)21)15-22-12-6-1-2-7-14(12)25-15/h1-8,24H,9H2. The summed E-state index contributed by atoms with van der Waals surface area (Å²) >= 11 is 3.90. The normalized spacial score (nSPS) is 14.4. The van der Waals surface area contributed by atoms with E-state index in [9.17, 15) is 23.1 Å². The predicted octanol–water partition coefficient (Wildman–Crippen LogP) is 5.08. The Balaban J connectivity index is 2.03. The average molecular weight is 430 g/mol. The summed E-state index contributed by atoms with van der Waals surface area (Å²) in [7, 11) is 0. The number of rotatable bonds is 4. The van der Waals surface area contributed by atoms with Crippen LogP contribution in [0.4, 0.5) is 13.2 Å². The van der Waals surface area contributed by atoms with Gasteiger partial charge >= 0.3 is 6.18 Å². The molecule has 3 nitrogen and oxygen atoms in total. The Morgan fingerprint density at radius 1 is 1.16 bits per heavy atom. The van der Waals surface area contributed by atoms with E-state index in [0.717, 1.165) is 11.3 Å². The van der Waals surface area contributed by atoms with Crippen molar-refractivity contribution in [3.8, 4) is 0 Å². The van der Waals surface area contributed by atoms with Gasteiger partial charge in [0.25, 0.3) is 0 Å². The number of carbonyl (C=O) groups is 1. The van der Waals surface area contributed by atoms with Crippen LogP contribution in [-0.4, -0.2) is 22.1 Å². The van der Waals surface area contributed by atoms with Crippen molar-refractivity contribution < 1.29 is 23.1 Å². The number of nitrogens with zero attached hydrogens (tertiary/aromatic N) is 1. The molecule has 1 aromatic heterocycles. The molecule has 2 aromatic carbocycles. The first kappa shape index (κ1) is 18.0. The van der Waals surface area contributed by atoms with Crippen molar-refractivity contribution in [1.82, 2.24) is 4.98 Å². The molecule has 0 aliphatic heterocycles. The van der Waals surface area contributed by atoms with Crippen LogP contribution >= 0.6 is 27.3 Å². The molecule has 1 unspecified atom stereocenters. The molecular weight excluding hydrogens is 419 g/mol. The van der Waals surface area contributed by atoms with Crippen LogP contribution in [0.1, 0.15) is 21.8 Å². The minimum atomic E-state index is -5.04. The molecule has 130 valence electrons.